The van der Waals surface area contributed by atoms with Gasteiger partial charge in [0.15, 0.2) is 9.84 Å². The van der Waals surface area contributed by atoms with E-state index in [1.165, 1.54) is 14.2 Å². The first-order valence-corrected chi connectivity index (χ1v) is 17.6. The van der Waals surface area contributed by atoms with Crippen LogP contribution in [0.15, 0.2) is 29.2 Å². The molecule has 0 amide bonds. The highest BCUT2D eigenvalue weighted by atomic mass is 32.2. The summed E-state index contributed by atoms with van der Waals surface area (Å²) in [6, 6.07) is 3.94. The van der Waals surface area contributed by atoms with Gasteiger partial charge in [0.2, 0.25) is 10.0 Å². The summed E-state index contributed by atoms with van der Waals surface area (Å²) in [5.74, 6) is -1.98. The lowest BCUT2D eigenvalue weighted by Crippen LogP contribution is -2.41. The molecule has 12 nitrogen and oxygen atoms in total. The van der Waals surface area contributed by atoms with Gasteiger partial charge in [-0.3, -0.25) is 0 Å². The lowest BCUT2D eigenvalue weighted by atomic mass is 9.96. The largest absolute Gasteiger partial charge is 0.495 e. The van der Waals surface area contributed by atoms with E-state index in [1.54, 1.807) is 41.5 Å². The number of benzene rings is 3. The number of hydrogen-bond donors (Lipinski definition) is 2. The minimum atomic E-state index is -4.31. The molecule has 0 bridgehead atoms. The van der Waals surface area contributed by atoms with Crippen LogP contribution in [0.1, 0.15) is 60.5 Å². The topological polar surface area (TPSA) is 172 Å². The smallest absolute Gasteiger partial charge is 0.347 e. The van der Waals surface area contributed by atoms with E-state index in [0.717, 1.165) is 30.5 Å². The Morgan fingerprint density at radius 1 is 0.766 bits per heavy atom. The van der Waals surface area contributed by atoms with Crippen LogP contribution in [0.25, 0.3) is 0 Å². The molecule has 0 fully saturated rings. The third-order valence-corrected chi connectivity index (χ3v) is 11.0. The van der Waals surface area contributed by atoms with Crippen LogP contribution < -0.4 is 23.7 Å². The summed E-state index contributed by atoms with van der Waals surface area (Å²) in [6.07, 6.45) is 0.597. The minimum Gasteiger partial charge on any atom is -0.495 e. The zero-order valence-corrected chi connectivity index (χ0v) is 29.2. The molecule has 3 aromatic rings. The maximum atomic E-state index is 13.7. The van der Waals surface area contributed by atoms with E-state index in [2.05, 4.69) is 4.72 Å². The van der Waals surface area contributed by atoms with Crippen molar-refractivity contribution in [3.63, 3.8) is 0 Å². The van der Waals surface area contributed by atoms with Gasteiger partial charge >= 0.3 is 11.9 Å². The molecule has 256 valence electrons. The van der Waals surface area contributed by atoms with Crippen LogP contribution in [-0.2, 0) is 19.9 Å². The minimum absolute atomic E-state index is 0.0365. The van der Waals surface area contributed by atoms with Crippen molar-refractivity contribution in [3.8, 4) is 23.0 Å². The molecule has 0 aromatic heterocycles. The van der Waals surface area contributed by atoms with Crippen molar-refractivity contribution in [2.75, 3.05) is 27.1 Å². The fourth-order valence-corrected chi connectivity index (χ4v) is 7.91. The number of esters is 1. The molecule has 47 heavy (non-hydrogen) atoms. The number of carboxylic acid groups (broad SMARTS) is 1. The molecule has 0 saturated carbocycles. The van der Waals surface area contributed by atoms with Crippen molar-refractivity contribution >= 4 is 31.8 Å². The van der Waals surface area contributed by atoms with Gasteiger partial charge in [-0.05, 0) is 88.1 Å². The van der Waals surface area contributed by atoms with Crippen LogP contribution in [-0.4, -0.2) is 66.3 Å². The molecule has 0 radical (unpaired) electrons. The maximum Gasteiger partial charge on any atom is 0.347 e. The predicted octanol–water partition coefficient (Wildman–Crippen LogP) is 4.73. The van der Waals surface area contributed by atoms with Crippen LogP contribution in [0.2, 0.25) is 0 Å². The molecule has 1 atom stereocenters. The Morgan fingerprint density at radius 2 is 1.26 bits per heavy atom. The number of sulfone groups is 1. The molecular weight excluding hydrogens is 657 g/mol. The van der Waals surface area contributed by atoms with Gasteiger partial charge in [-0.15, -0.1) is 0 Å². The Morgan fingerprint density at radius 3 is 1.77 bits per heavy atom. The summed E-state index contributed by atoms with van der Waals surface area (Å²) < 4.78 is 88.9. The van der Waals surface area contributed by atoms with E-state index < -0.39 is 43.0 Å². The summed E-state index contributed by atoms with van der Waals surface area (Å²) in [4.78, 5) is 25.3. The monoisotopic (exact) mass is 695 g/mol. The molecule has 0 spiro atoms. The number of aromatic carboxylic acids is 1. The van der Waals surface area contributed by atoms with E-state index in [1.807, 2.05) is 0 Å². The van der Waals surface area contributed by atoms with Gasteiger partial charge in [0, 0.05) is 23.8 Å². The highest BCUT2D eigenvalue weighted by molar-refractivity contribution is 7.94. The highest BCUT2D eigenvalue weighted by Gasteiger charge is 2.31. The first-order valence-electron chi connectivity index (χ1n) is 14.2. The second-order valence-electron chi connectivity index (χ2n) is 10.9. The summed E-state index contributed by atoms with van der Waals surface area (Å²) in [6.45, 7) is 9.53. The van der Waals surface area contributed by atoms with Gasteiger partial charge < -0.3 is 24.1 Å². The number of hydrogen-bond acceptors (Lipinski definition) is 10. The SMILES string of the molecule is COc1c(C)c(OC(=O)c2c(C)c(C)c(OCCC(NS(=O)(=O)c3ccc(F)cc3)S(C)(=O)=O)c(C)c2OC)c(C)c(C)c1C(=O)O. The number of methoxy groups -OCH3 is 2. The summed E-state index contributed by atoms with van der Waals surface area (Å²) in [7, 11) is -5.58. The van der Waals surface area contributed by atoms with Gasteiger partial charge in [-0.2, -0.15) is 4.72 Å². The zero-order valence-electron chi connectivity index (χ0n) is 27.5. The number of carbonyl (C=O) groups excluding carboxylic acids is 1. The van der Waals surface area contributed by atoms with Crippen molar-refractivity contribution in [2.45, 2.75) is 58.2 Å². The van der Waals surface area contributed by atoms with Crippen LogP contribution in [0, 0.1) is 47.4 Å². The number of halogens is 1. The van der Waals surface area contributed by atoms with Crippen molar-refractivity contribution in [3.05, 3.63) is 74.6 Å². The first-order chi connectivity index (χ1) is 21.8. The Bertz CT molecular complexity index is 1940. The number of sulfonamides is 1. The lowest BCUT2D eigenvalue weighted by molar-refractivity contribution is 0.0691. The van der Waals surface area contributed by atoms with Gasteiger partial charge in [0.25, 0.3) is 0 Å². The normalized spacial score (nSPS) is 12.4. The first kappa shape index (κ1) is 37.2. The maximum absolute atomic E-state index is 13.7. The molecule has 0 aliphatic rings. The molecular formula is C32H38FNO11S2. The third kappa shape index (κ3) is 7.68. The predicted molar refractivity (Wildman–Crippen MR) is 172 cm³/mol. The van der Waals surface area contributed by atoms with Gasteiger partial charge in [0.05, 0.1) is 25.7 Å². The molecule has 0 saturated heterocycles. The number of nitrogens with one attached hydrogen (secondary N) is 1. The van der Waals surface area contributed by atoms with Crippen molar-refractivity contribution in [1.29, 1.82) is 0 Å². The lowest BCUT2D eigenvalue weighted by Gasteiger charge is -2.23. The van der Waals surface area contributed by atoms with E-state index in [0.29, 0.717) is 39.1 Å². The molecule has 0 heterocycles. The van der Waals surface area contributed by atoms with Crippen LogP contribution in [0.4, 0.5) is 4.39 Å². The standard InChI is InChI=1S/C32H38FNO11S2/c1-16-19(4)28(21(6)29(42-7)25(16)31(35)36)45-32(37)26-17(2)18(3)27(20(5)30(26)43-8)44-15-14-24(46(9,38)39)34-47(40,41)23-12-10-22(33)11-13-23/h10-13,24,34H,14-15H2,1-9H3,(H,35,36). The number of rotatable bonds is 13. The second-order valence-corrected chi connectivity index (χ2v) is 14.9. The summed E-state index contributed by atoms with van der Waals surface area (Å²) in [5.41, 5.74) is 2.53. The molecule has 3 aromatic carbocycles. The summed E-state index contributed by atoms with van der Waals surface area (Å²) >= 11 is 0. The summed E-state index contributed by atoms with van der Waals surface area (Å²) in [5, 5.41) is 8.16. The van der Waals surface area contributed by atoms with Crippen LogP contribution in [0.5, 0.6) is 23.0 Å². The van der Waals surface area contributed by atoms with Gasteiger partial charge in [-0.1, -0.05) is 0 Å². The Hall–Kier alpha value is -4.21. The van der Waals surface area contributed by atoms with E-state index >= 15 is 0 Å². The molecule has 3 rings (SSSR count). The van der Waals surface area contributed by atoms with E-state index in [4.69, 9.17) is 18.9 Å². The van der Waals surface area contributed by atoms with Crippen molar-refractivity contribution in [2.24, 2.45) is 0 Å². The molecule has 0 aliphatic heterocycles. The number of ether oxygens (including phenoxy) is 4. The van der Waals surface area contributed by atoms with E-state index in [9.17, 15) is 35.9 Å². The average Bonchev–Trinajstić information content (AvgIpc) is 2.99. The van der Waals surface area contributed by atoms with E-state index in [-0.39, 0.29) is 46.3 Å². The molecule has 0 aliphatic carbocycles. The van der Waals surface area contributed by atoms with Crippen molar-refractivity contribution in [1.82, 2.24) is 4.72 Å². The number of carboxylic acids is 1. The highest BCUT2D eigenvalue weighted by Crippen LogP contribution is 2.41. The van der Waals surface area contributed by atoms with Gasteiger partial charge in [0.1, 0.15) is 45.3 Å². The number of carbonyl (C=O) groups is 2. The van der Waals surface area contributed by atoms with Gasteiger partial charge in [-0.25, -0.2) is 30.8 Å². The second kappa shape index (κ2) is 14.3. The Balaban J connectivity index is 1.94. The molecule has 1 unspecified atom stereocenters. The fraction of sp³-hybridized carbons (Fsp3) is 0.375. The Kier molecular flexibility index (Phi) is 11.3. The quantitative estimate of drug-likeness (QED) is 0.187. The Labute approximate surface area is 273 Å². The average molecular weight is 696 g/mol. The zero-order chi connectivity index (χ0) is 35.6. The van der Waals surface area contributed by atoms with Crippen LogP contribution in [0.3, 0.4) is 0 Å². The molecule has 15 heteroatoms. The van der Waals surface area contributed by atoms with Crippen molar-refractivity contribution < 1.29 is 54.9 Å². The molecule has 2 N–H and O–H groups in total. The van der Waals surface area contributed by atoms with Crippen LogP contribution >= 0.6 is 0 Å². The fourth-order valence-electron chi connectivity index (χ4n) is 5.21. The third-order valence-electron chi connectivity index (χ3n) is 7.95.